The van der Waals surface area contributed by atoms with E-state index in [0.717, 1.165) is 17.7 Å². The van der Waals surface area contributed by atoms with E-state index in [1.165, 1.54) is 11.0 Å². The Hall–Kier alpha value is -3.43. The van der Waals surface area contributed by atoms with Crippen molar-refractivity contribution in [2.24, 2.45) is 11.8 Å². The Morgan fingerprint density at radius 2 is 1.82 bits per heavy atom. The fourth-order valence-corrected chi connectivity index (χ4v) is 4.09. The van der Waals surface area contributed by atoms with Crippen molar-refractivity contribution in [1.82, 2.24) is 0 Å². The Bertz CT molecular complexity index is 1000. The number of carbonyl (C=O) groups excluding carboxylic acids is 1. The molecule has 3 rings (SSSR count). The number of amides is 2. The molecule has 0 radical (unpaired) electrons. The first kappa shape index (κ1) is 24.2. The number of nitrogens with zero attached hydrogens (tertiary/aromatic N) is 1. The molecule has 0 spiro atoms. The van der Waals surface area contributed by atoms with Gasteiger partial charge in [0.05, 0.1) is 11.4 Å². The molecular weight excluding hydrogens is 439 g/mol. The molecule has 2 aromatic carbocycles. The van der Waals surface area contributed by atoms with Crippen molar-refractivity contribution in [3.8, 4) is 5.75 Å². The van der Waals surface area contributed by atoms with E-state index in [0.29, 0.717) is 37.9 Å². The molecule has 2 aromatic rings. The average molecular weight is 465 g/mol. The number of alkyl halides is 3. The highest BCUT2D eigenvalue weighted by Gasteiger charge is 2.32. The van der Waals surface area contributed by atoms with Gasteiger partial charge in [-0.2, -0.15) is 0 Å². The van der Waals surface area contributed by atoms with Crippen molar-refractivity contribution in [2.45, 2.75) is 39.0 Å². The van der Waals surface area contributed by atoms with Crippen molar-refractivity contribution in [1.29, 1.82) is 0 Å². The van der Waals surface area contributed by atoms with Crippen LogP contribution in [0.4, 0.5) is 35.0 Å². The summed E-state index contributed by atoms with van der Waals surface area (Å²) in [6.07, 6.45) is -3.49. The molecule has 1 saturated carbocycles. The minimum absolute atomic E-state index is 0.0560. The van der Waals surface area contributed by atoms with E-state index in [1.54, 1.807) is 12.1 Å². The van der Waals surface area contributed by atoms with Crippen molar-refractivity contribution < 1.29 is 32.6 Å². The summed E-state index contributed by atoms with van der Waals surface area (Å²) in [4.78, 5) is 25.8. The molecule has 1 aliphatic rings. The molecule has 10 heteroatoms. The number of para-hydroxylation sites is 1. The highest BCUT2D eigenvalue weighted by Crippen LogP contribution is 2.34. The van der Waals surface area contributed by atoms with Gasteiger partial charge >= 0.3 is 12.5 Å². The number of nitrogen functional groups attached to an aromatic ring is 1. The van der Waals surface area contributed by atoms with Gasteiger partial charge in [0.25, 0.3) is 0 Å². The first-order valence-electron chi connectivity index (χ1n) is 10.6. The fraction of sp³-hybridized carbons (Fsp3) is 0.391. The number of hydrogen-bond acceptors (Lipinski definition) is 4. The maximum absolute atomic E-state index is 12.7. The van der Waals surface area contributed by atoms with Crippen molar-refractivity contribution in [3.05, 3.63) is 48.0 Å². The summed E-state index contributed by atoms with van der Waals surface area (Å²) in [6, 6.07) is 10.6. The fourth-order valence-electron chi connectivity index (χ4n) is 4.09. The smallest absolute Gasteiger partial charge is 0.465 e. The van der Waals surface area contributed by atoms with Gasteiger partial charge in [-0.3, -0.25) is 9.69 Å². The number of carboxylic acid groups (broad SMARTS) is 1. The lowest BCUT2D eigenvalue weighted by Crippen LogP contribution is -2.37. The number of anilines is 3. The van der Waals surface area contributed by atoms with Crippen LogP contribution in [0.1, 0.15) is 31.2 Å². The molecule has 0 bridgehead atoms. The van der Waals surface area contributed by atoms with Crippen LogP contribution in [-0.2, 0) is 4.79 Å². The highest BCUT2D eigenvalue weighted by atomic mass is 19.4. The number of hydrogen-bond donors (Lipinski definition) is 3. The lowest BCUT2D eigenvalue weighted by Gasteiger charge is -2.31. The third-order valence-corrected chi connectivity index (χ3v) is 5.81. The summed E-state index contributed by atoms with van der Waals surface area (Å²) < 4.78 is 41.2. The Balaban J connectivity index is 1.58. The second-order valence-corrected chi connectivity index (χ2v) is 8.18. The lowest BCUT2D eigenvalue weighted by molar-refractivity contribution is -0.274. The molecule has 0 aliphatic heterocycles. The van der Waals surface area contributed by atoms with Crippen molar-refractivity contribution >= 4 is 29.1 Å². The first-order valence-corrected chi connectivity index (χ1v) is 10.6. The third-order valence-electron chi connectivity index (χ3n) is 5.81. The number of nitrogens with two attached hydrogens (primary N) is 1. The van der Waals surface area contributed by atoms with Gasteiger partial charge in [0.15, 0.2) is 0 Å². The minimum atomic E-state index is -4.85. The second-order valence-electron chi connectivity index (χ2n) is 8.18. The van der Waals surface area contributed by atoms with E-state index < -0.39 is 18.2 Å². The maximum Gasteiger partial charge on any atom is 0.573 e. The molecule has 0 saturated heterocycles. The van der Waals surface area contributed by atoms with Gasteiger partial charge in [0.1, 0.15) is 5.75 Å². The van der Waals surface area contributed by atoms with Crippen LogP contribution in [0.25, 0.3) is 0 Å². The summed E-state index contributed by atoms with van der Waals surface area (Å²) in [5.41, 5.74) is 7.48. The number of benzene rings is 2. The molecule has 0 atom stereocenters. The van der Waals surface area contributed by atoms with Gasteiger partial charge in [-0.25, -0.2) is 4.79 Å². The summed E-state index contributed by atoms with van der Waals surface area (Å²) in [6.45, 7) is 2.19. The number of carbonyl (C=O) groups is 2. The van der Waals surface area contributed by atoms with Crippen LogP contribution in [0.5, 0.6) is 5.75 Å². The first-order chi connectivity index (χ1) is 15.5. The molecular formula is C23H26F3N3O4. The maximum atomic E-state index is 12.7. The lowest BCUT2D eigenvalue weighted by atomic mass is 9.81. The quantitative estimate of drug-likeness (QED) is 0.495. The monoisotopic (exact) mass is 465 g/mol. The van der Waals surface area contributed by atoms with Crippen LogP contribution in [0.15, 0.2) is 42.5 Å². The van der Waals surface area contributed by atoms with E-state index in [-0.39, 0.29) is 29.1 Å². The zero-order chi connectivity index (χ0) is 24.2. The van der Waals surface area contributed by atoms with E-state index >= 15 is 0 Å². The predicted molar refractivity (Wildman–Crippen MR) is 118 cm³/mol. The molecule has 0 aromatic heterocycles. The van der Waals surface area contributed by atoms with Gasteiger partial charge < -0.3 is 20.9 Å². The van der Waals surface area contributed by atoms with Crippen LogP contribution in [0.3, 0.4) is 0 Å². The Labute approximate surface area is 189 Å². The molecule has 0 heterocycles. The third kappa shape index (κ3) is 6.53. The van der Waals surface area contributed by atoms with E-state index in [4.69, 9.17) is 5.73 Å². The molecule has 178 valence electrons. The van der Waals surface area contributed by atoms with Gasteiger partial charge in [-0.15, -0.1) is 13.2 Å². The van der Waals surface area contributed by atoms with Gasteiger partial charge in [-0.05, 0) is 62.3 Å². The van der Waals surface area contributed by atoms with Gasteiger partial charge in [0, 0.05) is 24.2 Å². The van der Waals surface area contributed by atoms with Gasteiger partial charge in [-0.1, -0.05) is 18.2 Å². The molecule has 33 heavy (non-hydrogen) atoms. The van der Waals surface area contributed by atoms with Crippen molar-refractivity contribution in [3.63, 3.8) is 0 Å². The molecule has 0 unspecified atom stereocenters. The second kappa shape index (κ2) is 10.0. The van der Waals surface area contributed by atoms with Crippen LogP contribution in [0.2, 0.25) is 0 Å². The molecule has 2 amide bonds. The number of ether oxygens (including phenoxy) is 1. The van der Waals surface area contributed by atoms with Gasteiger partial charge in [0.2, 0.25) is 5.91 Å². The average Bonchev–Trinajstić information content (AvgIpc) is 2.74. The van der Waals surface area contributed by atoms with Crippen LogP contribution < -0.4 is 20.7 Å². The minimum Gasteiger partial charge on any atom is -0.465 e. The number of nitrogens with one attached hydrogen (secondary N) is 1. The van der Waals surface area contributed by atoms with E-state index in [2.05, 4.69) is 10.1 Å². The SMILES string of the molecule is Cc1ccccc1N(CC1CCC(C(=O)Nc2cc(OC(F)(F)F)ccc2N)CC1)C(=O)O. The molecule has 7 nitrogen and oxygen atoms in total. The van der Waals surface area contributed by atoms with Crippen LogP contribution in [0, 0.1) is 18.8 Å². The number of halogens is 3. The normalized spacial score (nSPS) is 18.4. The molecule has 1 fully saturated rings. The largest absolute Gasteiger partial charge is 0.573 e. The Morgan fingerprint density at radius 1 is 1.15 bits per heavy atom. The van der Waals surface area contributed by atoms with Crippen molar-refractivity contribution in [2.75, 3.05) is 22.5 Å². The molecule has 4 N–H and O–H groups in total. The molecule has 1 aliphatic carbocycles. The van der Waals surface area contributed by atoms with Crippen LogP contribution in [-0.4, -0.2) is 30.0 Å². The number of aryl methyl sites for hydroxylation is 1. The summed E-state index contributed by atoms with van der Waals surface area (Å²) in [5.74, 6) is -1.05. The Kier molecular flexibility index (Phi) is 7.35. The highest BCUT2D eigenvalue weighted by molar-refractivity contribution is 5.95. The zero-order valence-electron chi connectivity index (χ0n) is 18.1. The Morgan fingerprint density at radius 3 is 2.42 bits per heavy atom. The summed E-state index contributed by atoms with van der Waals surface area (Å²) >= 11 is 0. The topological polar surface area (TPSA) is 105 Å². The standard InChI is InChI=1S/C23H26F3N3O4/c1-14-4-2-3-5-20(14)29(22(31)32)13-15-6-8-16(9-7-15)21(30)28-19-12-17(10-11-18(19)27)33-23(24,25)26/h2-5,10-12,15-16H,6-9,13,27H2,1H3,(H,28,30)(H,31,32). The summed E-state index contributed by atoms with van der Waals surface area (Å²) in [5, 5.41) is 12.3. The van der Waals surface area contributed by atoms with E-state index in [1.807, 2.05) is 19.1 Å². The zero-order valence-corrected chi connectivity index (χ0v) is 18.1. The number of rotatable bonds is 6. The predicted octanol–water partition coefficient (Wildman–Crippen LogP) is 5.41. The van der Waals surface area contributed by atoms with E-state index in [9.17, 15) is 27.9 Å². The van der Waals surface area contributed by atoms with Crippen LogP contribution >= 0.6 is 0 Å². The summed E-state index contributed by atoms with van der Waals surface area (Å²) in [7, 11) is 0.